The van der Waals surface area contributed by atoms with E-state index in [1.165, 1.54) is 18.2 Å². The lowest BCUT2D eigenvalue weighted by Crippen LogP contribution is -2.36. The predicted molar refractivity (Wildman–Crippen MR) is 73.0 cm³/mol. The Bertz CT molecular complexity index is 678. The Balaban J connectivity index is 1.92. The topological polar surface area (TPSA) is 98.3 Å². The van der Waals surface area contributed by atoms with Crippen molar-refractivity contribution in [2.75, 3.05) is 13.1 Å². The van der Waals surface area contributed by atoms with Crippen LogP contribution in [0.2, 0.25) is 0 Å². The Hall–Kier alpha value is -1.80. The molecule has 0 radical (unpaired) electrons. The van der Waals surface area contributed by atoms with E-state index in [2.05, 4.69) is 10.3 Å². The lowest BCUT2D eigenvalue weighted by Gasteiger charge is -2.20. The summed E-state index contributed by atoms with van der Waals surface area (Å²) < 4.78 is 17.8. The Morgan fingerprint density at radius 2 is 2.35 bits per heavy atom. The summed E-state index contributed by atoms with van der Waals surface area (Å²) in [6.07, 6.45) is 1.83. The SMILES string of the molecule is O=[N+]([O-])c1ccc2oc(S(=O)C3CCCNC3)nc2c1. The number of hydrogen-bond donors (Lipinski definition) is 1. The van der Waals surface area contributed by atoms with Crippen LogP contribution in [0.15, 0.2) is 27.8 Å². The predicted octanol–water partition coefficient (Wildman–Crippen LogP) is 1.60. The lowest BCUT2D eigenvalue weighted by molar-refractivity contribution is -0.384. The summed E-state index contributed by atoms with van der Waals surface area (Å²) in [5, 5.41) is 14.0. The van der Waals surface area contributed by atoms with Crippen molar-refractivity contribution in [3.05, 3.63) is 28.3 Å². The highest BCUT2D eigenvalue weighted by atomic mass is 32.2. The molecule has 106 valence electrons. The van der Waals surface area contributed by atoms with Crippen molar-refractivity contribution in [2.24, 2.45) is 0 Å². The van der Waals surface area contributed by atoms with Gasteiger partial charge in [-0.25, -0.2) is 9.19 Å². The molecular weight excluding hydrogens is 282 g/mol. The lowest BCUT2D eigenvalue weighted by atomic mass is 10.2. The molecule has 2 unspecified atom stereocenters. The average molecular weight is 295 g/mol. The fourth-order valence-corrected chi connectivity index (χ4v) is 3.53. The van der Waals surface area contributed by atoms with Gasteiger partial charge in [0.1, 0.15) is 16.3 Å². The molecule has 0 amide bonds. The Morgan fingerprint density at radius 3 is 3.05 bits per heavy atom. The zero-order chi connectivity index (χ0) is 14.1. The number of nitrogens with zero attached hydrogens (tertiary/aromatic N) is 2. The second kappa shape index (κ2) is 5.29. The third kappa shape index (κ3) is 2.44. The molecule has 1 N–H and O–H groups in total. The van der Waals surface area contributed by atoms with Gasteiger partial charge < -0.3 is 9.73 Å². The van der Waals surface area contributed by atoms with E-state index in [9.17, 15) is 14.3 Å². The number of piperidine rings is 1. The van der Waals surface area contributed by atoms with Crippen molar-refractivity contribution in [2.45, 2.75) is 23.3 Å². The fourth-order valence-electron chi connectivity index (χ4n) is 2.24. The van der Waals surface area contributed by atoms with Crippen LogP contribution >= 0.6 is 0 Å². The van der Waals surface area contributed by atoms with E-state index in [-0.39, 0.29) is 16.2 Å². The van der Waals surface area contributed by atoms with Gasteiger partial charge in [0.05, 0.1) is 10.2 Å². The molecule has 2 atom stereocenters. The number of rotatable bonds is 3. The molecule has 1 aliphatic rings. The molecule has 0 spiro atoms. The largest absolute Gasteiger partial charge is 0.430 e. The molecule has 1 fully saturated rings. The van der Waals surface area contributed by atoms with Gasteiger partial charge in [0, 0.05) is 18.7 Å². The van der Waals surface area contributed by atoms with Gasteiger partial charge in [-0.3, -0.25) is 10.1 Å². The molecule has 1 aromatic heterocycles. The van der Waals surface area contributed by atoms with Gasteiger partial charge in [-0.2, -0.15) is 0 Å². The van der Waals surface area contributed by atoms with E-state index in [1.54, 1.807) is 0 Å². The second-order valence-corrected chi connectivity index (χ2v) is 6.27. The van der Waals surface area contributed by atoms with Crippen molar-refractivity contribution in [1.29, 1.82) is 0 Å². The van der Waals surface area contributed by atoms with Crippen LogP contribution in [-0.4, -0.2) is 32.5 Å². The van der Waals surface area contributed by atoms with Gasteiger partial charge in [-0.15, -0.1) is 0 Å². The number of nitrogens with one attached hydrogen (secondary N) is 1. The summed E-state index contributed by atoms with van der Waals surface area (Å²) in [6, 6.07) is 4.17. The van der Waals surface area contributed by atoms with Gasteiger partial charge >= 0.3 is 0 Å². The molecule has 8 heteroatoms. The first-order chi connectivity index (χ1) is 9.65. The zero-order valence-electron chi connectivity index (χ0n) is 10.6. The van der Waals surface area contributed by atoms with E-state index in [4.69, 9.17) is 4.42 Å². The molecular formula is C12H13N3O4S. The first-order valence-corrected chi connectivity index (χ1v) is 7.53. The average Bonchev–Trinajstić information content (AvgIpc) is 2.90. The number of nitro groups is 1. The number of aromatic nitrogens is 1. The van der Waals surface area contributed by atoms with Crippen LogP contribution in [0.25, 0.3) is 11.1 Å². The van der Waals surface area contributed by atoms with Crippen molar-refractivity contribution in [1.82, 2.24) is 10.3 Å². The van der Waals surface area contributed by atoms with E-state index < -0.39 is 15.7 Å². The van der Waals surface area contributed by atoms with Gasteiger partial charge in [-0.05, 0) is 25.5 Å². The molecule has 1 saturated heterocycles. The number of benzene rings is 1. The molecule has 1 aliphatic heterocycles. The summed E-state index contributed by atoms with van der Waals surface area (Å²) in [6.45, 7) is 1.61. The van der Waals surface area contributed by atoms with Crippen LogP contribution in [0.1, 0.15) is 12.8 Å². The minimum atomic E-state index is -1.33. The smallest absolute Gasteiger partial charge is 0.288 e. The van der Waals surface area contributed by atoms with Gasteiger partial charge in [0.25, 0.3) is 10.9 Å². The van der Waals surface area contributed by atoms with Crippen LogP contribution < -0.4 is 5.32 Å². The van der Waals surface area contributed by atoms with E-state index in [0.717, 1.165) is 19.4 Å². The molecule has 0 aliphatic carbocycles. The molecule has 7 nitrogen and oxygen atoms in total. The van der Waals surface area contributed by atoms with Crippen LogP contribution in [0.3, 0.4) is 0 Å². The number of fused-ring (bicyclic) bond motifs is 1. The quantitative estimate of drug-likeness (QED) is 0.682. The minimum absolute atomic E-state index is 0.0215. The van der Waals surface area contributed by atoms with Gasteiger partial charge in [0.15, 0.2) is 5.58 Å². The van der Waals surface area contributed by atoms with Gasteiger partial charge in [-0.1, -0.05) is 0 Å². The molecule has 2 heterocycles. The zero-order valence-corrected chi connectivity index (χ0v) is 11.4. The summed E-state index contributed by atoms with van der Waals surface area (Å²) in [5.74, 6) is 0. The molecule has 3 rings (SSSR count). The minimum Gasteiger partial charge on any atom is -0.430 e. The monoisotopic (exact) mass is 295 g/mol. The molecule has 0 saturated carbocycles. The number of oxazole rings is 1. The highest BCUT2D eigenvalue weighted by Gasteiger charge is 2.25. The van der Waals surface area contributed by atoms with E-state index in [0.29, 0.717) is 17.6 Å². The van der Waals surface area contributed by atoms with Crippen LogP contribution in [-0.2, 0) is 10.8 Å². The summed E-state index contributed by atoms with van der Waals surface area (Å²) in [4.78, 5) is 14.4. The first kappa shape index (κ1) is 13.2. The third-order valence-electron chi connectivity index (χ3n) is 3.29. The number of hydrogen-bond acceptors (Lipinski definition) is 6. The summed E-state index contributed by atoms with van der Waals surface area (Å²) in [7, 11) is -1.33. The van der Waals surface area contributed by atoms with Crippen molar-refractivity contribution < 1.29 is 13.5 Å². The van der Waals surface area contributed by atoms with E-state index in [1.807, 2.05) is 0 Å². The second-order valence-electron chi connectivity index (χ2n) is 4.65. The maximum atomic E-state index is 12.4. The van der Waals surface area contributed by atoms with E-state index >= 15 is 0 Å². The molecule has 20 heavy (non-hydrogen) atoms. The normalized spacial score (nSPS) is 20.9. The van der Waals surface area contributed by atoms with Crippen molar-refractivity contribution in [3.8, 4) is 0 Å². The Kier molecular flexibility index (Phi) is 3.49. The number of nitro benzene ring substituents is 1. The number of non-ortho nitro benzene ring substituents is 1. The van der Waals surface area contributed by atoms with Crippen LogP contribution in [0.5, 0.6) is 0 Å². The highest BCUT2D eigenvalue weighted by molar-refractivity contribution is 7.85. The maximum absolute atomic E-state index is 12.4. The highest BCUT2D eigenvalue weighted by Crippen LogP contribution is 2.24. The Labute approximate surface area is 117 Å². The van der Waals surface area contributed by atoms with Crippen molar-refractivity contribution in [3.63, 3.8) is 0 Å². The van der Waals surface area contributed by atoms with Crippen LogP contribution in [0, 0.1) is 10.1 Å². The van der Waals surface area contributed by atoms with Gasteiger partial charge in [0.2, 0.25) is 0 Å². The van der Waals surface area contributed by atoms with Crippen LogP contribution in [0.4, 0.5) is 5.69 Å². The standard InChI is InChI=1S/C12H13N3O4S/c16-15(17)8-3-4-11-10(6-8)14-12(19-11)20(18)9-2-1-5-13-7-9/h3-4,6,9,13H,1-2,5,7H2. The molecule has 2 aromatic rings. The first-order valence-electron chi connectivity index (χ1n) is 6.31. The Morgan fingerprint density at radius 1 is 1.50 bits per heavy atom. The summed E-state index contributed by atoms with van der Waals surface area (Å²) >= 11 is 0. The molecule has 0 bridgehead atoms. The fraction of sp³-hybridized carbons (Fsp3) is 0.417. The molecule has 1 aromatic carbocycles. The summed E-state index contributed by atoms with van der Waals surface area (Å²) in [5.41, 5.74) is 0.733. The maximum Gasteiger partial charge on any atom is 0.288 e. The van der Waals surface area contributed by atoms with Crippen molar-refractivity contribution >= 4 is 27.6 Å². The third-order valence-corrected chi connectivity index (χ3v) is 4.82.